The number of nitrogens with one attached hydrogen (secondary N) is 1. The van der Waals surface area contributed by atoms with Crippen molar-refractivity contribution in [2.24, 2.45) is 10.7 Å². The normalized spacial score (nSPS) is 20.3. The molecular weight excluding hydrogens is 305 g/mol. The molecule has 7 heteroatoms. The zero-order valence-corrected chi connectivity index (χ0v) is 13.4. The molecule has 1 unspecified atom stereocenters. The van der Waals surface area contributed by atoms with Gasteiger partial charge in [-0.3, -0.25) is 4.90 Å². The molecule has 3 N–H and O–H groups in total. The van der Waals surface area contributed by atoms with E-state index in [1.165, 1.54) is 10.5 Å². The van der Waals surface area contributed by atoms with E-state index >= 15 is 0 Å². The smallest absolute Gasteiger partial charge is 0.370 e. The summed E-state index contributed by atoms with van der Waals surface area (Å²) in [7, 11) is 0. The minimum atomic E-state index is -4.17. The Morgan fingerprint density at radius 2 is 2.17 bits per heavy atom. The van der Waals surface area contributed by atoms with Gasteiger partial charge >= 0.3 is 6.18 Å². The van der Waals surface area contributed by atoms with Crippen molar-refractivity contribution in [3.8, 4) is 0 Å². The van der Waals surface area contributed by atoms with Gasteiger partial charge in [0.15, 0.2) is 5.96 Å². The van der Waals surface area contributed by atoms with E-state index in [0.717, 1.165) is 5.69 Å². The standard InChI is InChI=1S/C16H23F3N4/c1-11(2)12-4-3-5-13(8-12)21-15(20)22-14-6-7-23(9-14)10-16(17,18)19/h3-5,8,11,14H,6-7,9-10H2,1-2H3,(H3,20,21,22). The van der Waals surface area contributed by atoms with E-state index < -0.39 is 12.7 Å². The molecule has 0 saturated carbocycles. The van der Waals surface area contributed by atoms with Crippen molar-refractivity contribution < 1.29 is 13.2 Å². The molecule has 0 amide bonds. The van der Waals surface area contributed by atoms with Crippen LogP contribution in [-0.2, 0) is 0 Å². The van der Waals surface area contributed by atoms with Crippen LogP contribution in [0.15, 0.2) is 29.3 Å². The molecule has 0 aliphatic carbocycles. The third-order valence-corrected chi connectivity index (χ3v) is 3.80. The highest BCUT2D eigenvalue weighted by molar-refractivity contribution is 5.92. The van der Waals surface area contributed by atoms with Gasteiger partial charge in [-0.1, -0.05) is 26.0 Å². The molecule has 1 saturated heterocycles. The molecule has 1 aliphatic rings. The summed E-state index contributed by atoms with van der Waals surface area (Å²) in [4.78, 5) is 5.66. The molecule has 0 radical (unpaired) electrons. The number of alkyl halides is 3. The molecular formula is C16H23F3N4. The van der Waals surface area contributed by atoms with Crippen molar-refractivity contribution in [1.29, 1.82) is 0 Å². The third-order valence-electron chi connectivity index (χ3n) is 3.80. The van der Waals surface area contributed by atoms with Crippen LogP contribution in [0.4, 0.5) is 18.9 Å². The van der Waals surface area contributed by atoms with Gasteiger partial charge in [0, 0.05) is 18.8 Å². The summed E-state index contributed by atoms with van der Waals surface area (Å²) >= 11 is 0. The predicted molar refractivity (Wildman–Crippen MR) is 86.7 cm³/mol. The average molecular weight is 328 g/mol. The minimum absolute atomic E-state index is 0.196. The lowest BCUT2D eigenvalue weighted by Crippen LogP contribution is -2.33. The number of rotatable bonds is 4. The van der Waals surface area contributed by atoms with E-state index in [9.17, 15) is 13.2 Å². The lowest BCUT2D eigenvalue weighted by Gasteiger charge is -2.17. The van der Waals surface area contributed by atoms with Gasteiger partial charge in [-0.05, 0) is 30.0 Å². The Morgan fingerprint density at radius 3 is 2.83 bits per heavy atom. The summed E-state index contributed by atoms with van der Waals surface area (Å²) in [6.07, 6.45) is -3.58. The number of hydrogen-bond donors (Lipinski definition) is 2. The zero-order valence-electron chi connectivity index (χ0n) is 13.4. The van der Waals surface area contributed by atoms with E-state index in [-0.39, 0.29) is 18.5 Å². The topological polar surface area (TPSA) is 53.6 Å². The molecule has 1 heterocycles. The van der Waals surface area contributed by atoms with Crippen LogP contribution in [0.3, 0.4) is 0 Å². The van der Waals surface area contributed by atoms with E-state index in [1.54, 1.807) is 0 Å². The first-order valence-corrected chi connectivity index (χ1v) is 7.72. The summed E-state index contributed by atoms with van der Waals surface area (Å²) < 4.78 is 37.1. The molecule has 4 nitrogen and oxygen atoms in total. The predicted octanol–water partition coefficient (Wildman–Crippen LogP) is 3.17. The minimum Gasteiger partial charge on any atom is -0.370 e. The van der Waals surface area contributed by atoms with E-state index in [2.05, 4.69) is 24.2 Å². The van der Waals surface area contributed by atoms with Crippen molar-refractivity contribution in [1.82, 2.24) is 4.90 Å². The van der Waals surface area contributed by atoms with Crippen LogP contribution in [-0.4, -0.2) is 42.7 Å². The van der Waals surface area contributed by atoms with Gasteiger partial charge in [0.1, 0.15) is 0 Å². The second-order valence-electron chi connectivity index (χ2n) is 6.21. The largest absolute Gasteiger partial charge is 0.401 e. The van der Waals surface area contributed by atoms with Crippen molar-refractivity contribution in [3.05, 3.63) is 29.8 Å². The highest BCUT2D eigenvalue weighted by Gasteiger charge is 2.34. The lowest BCUT2D eigenvalue weighted by molar-refractivity contribution is -0.143. The number of nitrogens with zero attached hydrogens (tertiary/aromatic N) is 2. The fraction of sp³-hybridized carbons (Fsp3) is 0.562. The molecule has 0 bridgehead atoms. The molecule has 1 fully saturated rings. The number of hydrogen-bond acceptors (Lipinski definition) is 2. The number of likely N-dealkylation sites (tertiary alicyclic amines) is 1. The van der Waals surface area contributed by atoms with E-state index in [1.807, 2.05) is 24.3 Å². The molecule has 1 aromatic rings. The lowest BCUT2D eigenvalue weighted by atomic mass is 10.0. The number of anilines is 1. The number of aliphatic imine (C=N–C) groups is 1. The summed E-state index contributed by atoms with van der Waals surface area (Å²) in [5.74, 6) is 0.644. The van der Waals surface area contributed by atoms with Gasteiger partial charge in [-0.2, -0.15) is 13.2 Å². The maximum Gasteiger partial charge on any atom is 0.401 e. The Bertz CT molecular complexity index is 555. The van der Waals surface area contributed by atoms with Crippen LogP contribution >= 0.6 is 0 Å². The number of benzene rings is 1. The Balaban J connectivity index is 1.92. The van der Waals surface area contributed by atoms with Crippen LogP contribution < -0.4 is 11.1 Å². The molecule has 23 heavy (non-hydrogen) atoms. The maximum atomic E-state index is 12.4. The molecule has 0 aromatic heterocycles. The number of halogens is 3. The number of guanidine groups is 1. The Morgan fingerprint density at radius 1 is 1.43 bits per heavy atom. The maximum absolute atomic E-state index is 12.4. The second kappa shape index (κ2) is 7.21. The van der Waals surface area contributed by atoms with E-state index in [0.29, 0.717) is 18.9 Å². The Labute approximate surface area is 134 Å². The average Bonchev–Trinajstić information content (AvgIpc) is 2.83. The third kappa shape index (κ3) is 5.74. The van der Waals surface area contributed by atoms with Crippen LogP contribution in [0, 0.1) is 0 Å². The highest BCUT2D eigenvalue weighted by atomic mass is 19.4. The Kier molecular flexibility index (Phi) is 5.51. The molecule has 0 spiro atoms. The quantitative estimate of drug-likeness (QED) is 0.659. The van der Waals surface area contributed by atoms with Gasteiger partial charge in [0.25, 0.3) is 0 Å². The fourth-order valence-electron chi connectivity index (χ4n) is 2.67. The van der Waals surface area contributed by atoms with Gasteiger partial charge in [-0.15, -0.1) is 0 Å². The summed E-state index contributed by atoms with van der Waals surface area (Å²) in [6, 6.07) is 7.66. The Hall–Kier alpha value is -1.76. The molecule has 2 rings (SSSR count). The van der Waals surface area contributed by atoms with Crippen LogP contribution in [0.5, 0.6) is 0 Å². The first kappa shape index (κ1) is 17.6. The SMILES string of the molecule is CC(C)c1cccc(NC(N)=NC2CCN(CC(F)(F)F)C2)c1. The molecule has 1 aromatic carbocycles. The molecule has 1 aliphatic heterocycles. The van der Waals surface area contributed by atoms with Gasteiger partial charge in [0.05, 0.1) is 12.6 Å². The first-order valence-electron chi connectivity index (χ1n) is 7.72. The first-order chi connectivity index (χ1) is 10.7. The summed E-state index contributed by atoms with van der Waals surface area (Å²) in [6.45, 7) is 4.00. The van der Waals surface area contributed by atoms with Crippen molar-refractivity contribution in [3.63, 3.8) is 0 Å². The molecule has 1 atom stereocenters. The van der Waals surface area contributed by atoms with Crippen LogP contribution in [0.1, 0.15) is 31.7 Å². The van der Waals surface area contributed by atoms with E-state index in [4.69, 9.17) is 5.73 Å². The van der Waals surface area contributed by atoms with Crippen molar-refractivity contribution in [2.45, 2.75) is 38.4 Å². The molecule has 128 valence electrons. The van der Waals surface area contributed by atoms with Crippen molar-refractivity contribution in [2.75, 3.05) is 25.0 Å². The van der Waals surface area contributed by atoms with Gasteiger partial charge in [-0.25, -0.2) is 4.99 Å². The number of nitrogens with two attached hydrogens (primary N) is 1. The fourth-order valence-corrected chi connectivity index (χ4v) is 2.67. The zero-order chi connectivity index (χ0) is 17.0. The highest BCUT2D eigenvalue weighted by Crippen LogP contribution is 2.21. The summed E-state index contributed by atoms with van der Waals surface area (Å²) in [5, 5.41) is 3.01. The monoisotopic (exact) mass is 328 g/mol. The van der Waals surface area contributed by atoms with Crippen LogP contribution in [0.25, 0.3) is 0 Å². The van der Waals surface area contributed by atoms with Gasteiger partial charge in [0.2, 0.25) is 0 Å². The second-order valence-corrected chi connectivity index (χ2v) is 6.21. The summed E-state index contributed by atoms with van der Waals surface area (Å²) in [5.41, 5.74) is 7.90. The van der Waals surface area contributed by atoms with Crippen LogP contribution in [0.2, 0.25) is 0 Å². The van der Waals surface area contributed by atoms with Crippen molar-refractivity contribution >= 4 is 11.6 Å². The van der Waals surface area contributed by atoms with Gasteiger partial charge < -0.3 is 11.1 Å².